The predicted octanol–water partition coefficient (Wildman–Crippen LogP) is 3.12. The van der Waals surface area contributed by atoms with E-state index in [1.54, 1.807) is 6.92 Å². The third-order valence-corrected chi connectivity index (χ3v) is 4.10. The van der Waals surface area contributed by atoms with Crippen LogP contribution in [-0.4, -0.2) is 30.9 Å². The Morgan fingerprint density at radius 2 is 2.33 bits per heavy atom. The predicted molar refractivity (Wildman–Crippen MR) is 77.0 cm³/mol. The molecule has 18 heavy (non-hydrogen) atoms. The zero-order valence-corrected chi connectivity index (χ0v) is 12.5. The zero-order chi connectivity index (χ0) is 13.1. The molecule has 0 bridgehead atoms. The van der Waals surface area contributed by atoms with E-state index in [0.29, 0.717) is 6.04 Å². The van der Waals surface area contributed by atoms with Gasteiger partial charge in [0.25, 0.3) is 0 Å². The highest BCUT2D eigenvalue weighted by Crippen LogP contribution is 2.32. The van der Waals surface area contributed by atoms with Gasteiger partial charge in [-0.3, -0.25) is 0 Å². The number of hydrogen-bond acceptors (Lipinski definition) is 3. The van der Waals surface area contributed by atoms with Gasteiger partial charge in [-0.15, -0.1) is 0 Å². The Morgan fingerprint density at radius 1 is 1.56 bits per heavy atom. The van der Waals surface area contributed by atoms with Gasteiger partial charge in [-0.05, 0) is 47.0 Å². The van der Waals surface area contributed by atoms with E-state index in [9.17, 15) is 5.11 Å². The molecule has 2 rings (SSSR count). The molecule has 1 N–H and O–H groups in total. The van der Waals surface area contributed by atoms with E-state index in [0.717, 1.165) is 36.2 Å². The average molecular weight is 314 g/mol. The number of hydrogen-bond donors (Lipinski definition) is 1. The van der Waals surface area contributed by atoms with Crippen LogP contribution in [0.2, 0.25) is 0 Å². The second kappa shape index (κ2) is 6.04. The number of anilines is 1. The van der Waals surface area contributed by atoms with Crippen molar-refractivity contribution < 1.29 is 9.84 Å². The van der Waals surface area contributed by atoms with Crippen molar-refractivity contribution in [3.05, 3.63) is 28.2 Å². The highest BCUT2D eigenvalue weighted by molar-refractivity contribution is 9.10. The maximum Gasteiger partial charge on any atom is 0.0762 e. The van der Waals surface area contributed by atoms with Crippen molar-refractivity contribution in [2.75, 3.05) is 24.7 Å². The molecule has 1 aliphatic heterocycles. The number of halogens is 1. The molecule has 1 saturated heterocycles. The minimum Gasteiger partial charge on any atom is -0.389 e. The SMILES string of the molecule is CCC1COCCN1c1ccc(C(C)O)cc1Br. The second-order valence-corrected chi connectivity index (χ2v) is 5.57. The normalized spacial score (nSPS) is 22.0. The number of rotatable bonds is 3. The van der Waals surface area contributed by atoms with E-state index in [1.165, 1.54) is 5.69 Å². The van der Waals surface area contributed by atoms with E-state index in [1.807, 2.05) is 12.1 Å². The molecule has 100 valence electrons. The molecule has 2 unspecified atom stereocenters. The van der Waals surface area contributed by atoms with Crippen LogP contribution in [0.25, 0.3) is 0 Å². The van der Waals surface area contributed by atoms with Gasteiger partial charge in [0.05, 0.1) is 31.0 Å². The monoisotopic (exact) mass is 313 g/mol. The van der Waals surface area contributed by atoms with Gasteiger partial charge < -0.3 is 14.7 Å². The Morgan fingerprint density at radius 3 is 2.94 bits per heavy atom. The highest BCUT2D eigenvalue weighted by Gasteiger charge is 2.23. The number of benzene rings is 1. The topological polar surface area (TPSA) is 32.7 Å². The first kappa shape index (κ1) is 13.8. The summed E-state index contributed by atoms with van der Waals surface area (Å²) in [5.41, 5.74) is 2.13. The molecule has 0 amide bonds. The van der Waals surface area contributed by atoms with E-state index < -0.39 is 6.10 Å². The van der Waals surface area contributed by atoms with Crippen LogP contribution >= 0.6 is 15.9 Å². The summed E-state index contributed by atoms with van der Waals surface area (Å²) in [5, 5.41) is 9.59. The third-order valence-electron chi connectivity index (χ3n) is 3.46. The summed E-state index contributed by atoms with van der Waals surface area (Å²) in [6, 6.07) is 6.52. The maximum absolute atomic E-state index is 9.59. The minimum atomic E-state index is -0.429. The first-order valence-corrected chi connectivity index (χ1v) is 7.24. The third kappa shape index (κ3) is 2.87. The molecule has 0 radical (unpaired) electrons. The van der Waals surface area contributed by atoms with Gasteiger partial charge in [0.15, 0.2) is 0 Å². The van der Waals surface area contributed by atoms with Gasteiger partial charge in [0.1, 0.15) is 0 Å². The molecular weight excluding hydrogens is 294 g/mol. The van der Waals surface area contributed by atoms with E-state index in [-0.39, 0.29) is 0 Å². The molecule has 4 heteroatoms. The number of nitrogens with zero attached hydrogens (tertiary/aromatic N) is 1. The molecule has 1 aromatic carbocycles. The van der Waals surface area contributed by atoms with Crippen LogP contribution in [-0.2, 0) is 4.74 Å². The van der Waals surface area contributed by atoms with E-state index in [4.69, 9.17) is 4.74 Å². The molecule has 0 aliphatic carbocycles. The Balaban J connectivity index is 2.26. The van der Waals surface area contributed by atoms with Crippen molar-refractivity contribution in [3.63, 3.8) is 0 Å². The van der Waals surface area contributed by atoms with Gasteiger partial charge in [-0.2, -0.15) is 0 Å². The zero-order valence-electron chi connectivity index (χ0n) is 10.9. The van der Waals surface area contributed by atoms with E-state index in [2.05, 4.69) is 33.8 Å². The summed E-state index contributed by atoms with van der Waals surface area (Å²) in [5.74, 6) is 0. The standard InChI is InChI=1S/C14H20BrNO2/c1-3-12-9-18-7-6-16(12)14-5-4-11(10(2)17)8-13(14)15/h4-5,8,10,12,17H,3,6-7,9H2,1-2H3. The highest BCUT2D eigenvalue weighted by atomic mass is 79.9. The van der Waals surface area contributed by atoms with Crippen molar-refractivity contribution in [2.45, 2.75) is 32.4 Å². The summed E-state index contributed by atoms with van der Waals surface area (Å²) < 4.78 is 6.57. The molecule has 2 atom stereocenters. The molecule has 0 saturated carbocycles. The van der Waals surface area contributed by atoms with Gasteiger partial charge >= 0.3 is 0 Å². The van der Waals surface area contributed by atoms with Gasteiger partial charge in [0, 0.05) is 11.0 Å². The van der Waals surface area contributed by atoms with Crippen LogP contribution in [0, 0.1) is 0 Å². The van der Waals surface area contributed by atoms with Crippen molar-refractivity contribution >= 4 is 21.6 Å². The smallest absolute Gasteiger partial charge is 0.0762 e. The average Bonchev–Trinajstić information content (AvgIpc) is 2.38. The lowest BCUT2D eigenvalue weighted by atomic mass is 10.1. The van der Waals surface area contributed by atoms with Crippen LogP contribution in [0.4, 0.5) is 5.69 Å². The van der Waals surface area contributed by atoms with Crippen LogP contribution < -0.4 is 4.90 Å². The van der Waals surface area contributed by atoms with Crippen molar-refractivity contribution in [3.8, 4) is 0 Å². The molecule has 1 aromatic rings. The van der Waals surface area contributed by atoms with Gasteiger partial charge in [-0.25, -0.2) is 0 Å². The maximum atomic E-state index is 9.59. The van der Waals surface area contributed by atoms with Gasteiger partial charge in [0.2, 0.25) is 0 Å². The van der Waals surface area contributed by atoms with E-state index >= 15 is 0 Å². The van der Waals surface area contributed by atoms with Crippen molar-refractivity contribution in [2.24, 2.45) is 0 Å². The number of aliphatic hydroxyl groups excluding tert-OH is 1. The lowest BCUT2D eigenvalue weighted by molar-refractivity contribution is 0.0929. The Bertz CT molecular complexity index is 409. The summed E-state index contributed by atoms with van der Waals surface area (Å²) in [7, 11) is 0. The molecule has 1 aliphatic rings. The van der Waals surface area contributed by atoms with Crippen LogP contribution in [0.15, 0.2) is 22.7 Å². The fourth-order valence-corrected chi connectivity index (χ4v) is 2.95. The summed E-state index contributed by atoms with van der Waals surface area (Å²) in [4.78, 5) is 2.39. The second-order valence-electron chi connectivity index (χ2n) is 4.72. The quantitative estimate of drug-likeness (QED) is 0.930. The number of ether oxygens (including phenoxy) is 1. The van der Waals surface area contributed by atoms with Crippen LogP contribution in [0.3, 0.4) is 0 Å². The fraction of sp³-hybridized carbons (Fsp3) is 0.571. The largest absolute Gasteiger partial charge is 0.389 e. The van der Waals surface area contributed by atoms with Crippen molar-refractivity contribution in [1.82, 2.24) is 0 Å². The molecule has 1 heterocycles. The molecule has 3 nitrogen and oxygen atoms in total. The number of morpholine rings is 1. The summed E-state index contributed by atoms with van der Waals surface area (Å²) in [6.45, 7) is 6.46. The molecule has 0 aromatic heterocycles. The van der Waals surface area contributed by atoms with Crippen LogP contribution in [0.1, 0.15) is 31.9 Å². The Hall–Kier alpha value is -0.580. The minimum absolute atomic E-state index is 0.429. The molecule has 1 fully saturated rings. The number of aliphatic hydroxyl groups is 1. The summed E-state index contributed by atoms with van der Waals surface area (Å²) in [6.07, 6.45) is 0.645. The van der Waals surface area contributed by atoms with Crippen LogP contribution in [0.5, 0.6) is 0 Å². The summed E-state index contributed by atoms with van der Waals surface area (Å²) >= 11 is 3.61. The first-order chi connectivity index (χ1) is 8.63. The molecule has 0 spiro atoms. The van der Waals surface area contributed by atoms with Gasteiger partial charge in [-0.1, -0.05) is 13.0 Å². The molecular formula is C14H20BrNO2. The van der Waals surface area contributed by atoms with Crippen molar-refractivity contribution in [1.29, 1.82) is 0 Å². The first-order valence-electron chi connectivity index (χ1n) is 6.45. The Kier molecular flexibility index (Phi) is 4.65. The lowest BCUT2D eigenvalue weighted by Gasteiger charge is -2.37. The lowest BCUT2D eigenvalue weighted by Crippen LogP contribution is -2.45. The fourth-order valence-electron chi connectivity index (χ4n) is 2.33. The Labute approximate surface area is 117 Å².